The Balaban J connectivity index is 1.88. The van der Waals surface area contributed by atoms with Crippen LogP contribution in [0.5, 0.6) is 0 Å². The van der Waals surface area contributed by atoms with Crippen LogP contribution in [-0.2, 0) is 18.4 Å². The number of fused-ring (bicyclic) bond motifs is 1. The van der Waals surface area contributed by atoms with Crippen LogP contribution in [0.25, 0.3) is 10.9 Å². The van der Waals surface area contributed by atoms with Crippen LogP contribution in [0.15, 0.2) is 52.1 Å². The van der Waals surface area contributed by atoms with E-state index < -0.39 is 41.4 Å². The number of aryl methyl sites for hydroxylation is 1. The molecule has 0 saturated carbocycles. The Morgan fingerprint density at radius 2 is 1.85 bits per heavy atom. The highest BCUT2D eigenvalue weighted by Gasteiger charge is 2.17. The van der Waals surface area contributed by atoms with Crippen molar-refractivity contribution in [3.63, 3.8) is 0 Å². The van der Waals surface area contributed by atoms with E-state index in [0.717, 1.165) is 16.7 Å². The van der Waals surface area contributed by atoms with Gasteiger partial charge in [0, 0.05) is 18.7 Å². The van der Waals surface area contributed by atoms with E-state index in [-0.39, 0.29) is 5.56 Å². The molecule has 0 bridgehead atoms. The minimum Gasteiger partial charge on any atom is -0.348 e. The molecular formula is C19H17F2N3O3. The Kier molecular flexibility index (Phi) is 4.89. The van der Waals surface area contributed by atoms with Crippen molar-refractivity contribution in [1.29, 1.82) is 0 Å². The van der Waals surface area contributed by atoms with Crippen LogP contribution in [0.2, 0.25) is 0 Å². The molecule has 3 aromatic rings. The number of aromatic nitrogens is 2. The Hall–Kier alpha value is -3.29. The fraction of sp³-hybridized carbons (Fsp3) is 0.211. The van der Waals surface area contributed by atoms with Crippen molar-refractivity contribution in [1.82, 2.24) is 14.5 Å². The molecule has 6 nitrogen and oxygen atoms in total. The van der Waals surface area contributed by atoms with Gasteiger partial charge in [-0.1, -0.05) is 18.2 Å². The monoisotopic (exact) mass is 373 g/mol. The lowest BCUT2D eigenvalue weighted by Crippen LogP contribution is -2.43. The lowest BCUT2D eigenvalue weighted by atomic mass is 10.1. The number of hydrogen-bond donors (Lipinski definition) is 1. The third-order valence-electron chi connectivity index (χ3n) is 4.37. The van der Waals surface area contributed by atoms with Gasteiger partial charge in [-0.3, -0.25) is 18.7 Å². The van der Waals surface area contributed by atoms with Gasteiger partial charge in [-0.2, -0.15) is 0 Å². The zero-order chi connectivity index (χ0) is 19.7. The molecule has 1 N–H and O–H groups in total. The first-order valence-electron chi connectivity index (χ1n) is 8.22. The van der Waals surface area contributed by atoms with E-state index in [2.05, 4.69) is 5.32 Å². The van der Waals surface area contributed by atoms with Crippen molar-refractivity contribution in [3.8, 4) is 0 Å². The van der Waals surface area contributed by atoms with E-state index in [1.165, 1.54) is 24.6 Å². The number of halogens is 2. The second-order valence-electron chi connectivity index (χ2n) is 6.21. The third-order valence-corrected chi connectivity index (χ3v) is 4.37. The maximum Gasteiger partial charge on any atom is 0.331 e. The smallest absolute Gasteiger partial charge is 0.331 e. The number of carbonyl (C=O) groups is 1. The highest BCUT2D eigenvalue weighted by atomic mass is 19.1. The first-order chi connectivity index (χ1) is 12.8. The fourth-order valence-electron chi connectivity index (χ4n) is 2.96. The van der Waals surface area contributed by atoms with Gasteiger partial charge in [-0.25, -0.2) is 13.6 Å². The molecule has 0 aliphatic heterocycles. The van der Waals surface area contributed by atoms with Crippen LogP contribution >= 0.6 is 0 Å². The molecular weight excluding hydrogens is 356 g/mol. The minimum atomic E-state index is -0.790. The van der Waals surface area contributed by atoms with Gasteiger partial charge in [0.05, 0.1) is 16.9 Å². The van der Waals surface area contributed by atoms with Crippen molar-refractivity contribution in [2.75, 3.05) is 0 Å². The van der Waals surface area contributed by atoms with Crippen molar-refractivity contribution in [2.45, 2.75) is 19.5 Å². The summed E-state index contributed by atoms with van der Waals surface area (Å²) < 4.78 is 29.0. The number of amides is 1. The maximum atomic E-state index is 13.8. The molecule has 1 aromatic heterocycles. The number of hydrogen-bond acceptors (Lipinski definition) is 3. The number of benzene rings is 2. The Morgan fingerprint density at radius 1 is 1.15 bits per heavy atom. The van der Waals surface area contributed by atoms with Gasteiger partial charge in [0.25, 0.3) is 5.56 Å². The summed E-state index contributed by atoms with van der Waals surface area (Å²) in [5.41, 5.74) is -0.645. The molecule has 0 aliphatic rings. The largest absolute Gasteiger partial charge is 0.348 e. The van der Waals surface area contributed by atoms with E-state index in [4.69, 9.17) is 0 Å². The zero-order valence-electron chi connectivity index (χ0n) is 14.7. The van der Waals surface area contributed by atoms with Crippen LogP contribution in [-0.4, -0.2) is 15.0 Å². The first-order valence-corrected chi connectivity index (χ1v) is 8.22. The number of carbonyl (C=O) groups excluding carboxylic acids is 1. The van der Waals surface area contributed by atoms with Crippen LogP contribution in [0.1, 0.15) is 18.5 Å². The zero-order valence-corrected chi connectivity index (χ0v) is 14.7. The van der Waals surface area contributed by atoms with E-state index in [9.17, 15) is 23.2 Å². The molecule has 140 valence electrons. The lowest BCUT2D eigenvalue weighted by Gasteiger charge is -2.16. The predicted molar refractivity (Wildman–Crippen MR) is 96.4 cm³/mol. The summed E-state index contributed by atoms with van der Waals surface area (Å²) in [5.74, 6) is -2.15. The average molecular weight is 373 g/mol. The topological polar surface area (TPSA) is 73.1 Å². The van der Waals surface area contributed by atoms with Gasteiger partial charge >= 0.3 is 5.69 Å². The number of nitrogens with zero attached hydrogens (tertiary/aromatic N) is 2. The fourth-order valence-corrected chi connectivity index (χ4v) is 2.96. The van der Waals surface area contributed by atoms with Crippen LogP contribution in [0.4, 0.5) is 8.78 Å². The molecule has 1 atom stereocenters. The summed E-state index contributed by atoms with van der Waals surface area (Å²) in [7, 11) is 1.51. The van der Waals surface area contributed by atoms with E-state index in [1.54, 1.807) is 24.3 Å². The third kappa shape index (κ3) is 3.51. The van der Waals surface area contributed by atoms with Crippen LogP contribution < -0.4 is 16.6 Å². The van der Waals surface area contributed by atoms with E-state index >= 15 is 0 Å². The minimum absolute atomic E-state index is 0.100. The highest BCUT2D eigenvalue weighted by Crippen LogP contribution is 2.17. The van der Waals surface area contributed by atoms with Crippen molar-refractivity contribution in [3.05, 3.63) is 80.5 Å². The van der Waals surface area contributed by atoms with Gasteiger partial charge in [0.1, 0.15) is 18.2 Å². The quantitative estimate of drug-likeness (QED) is 0.759. The molecule has 0 saturated heterocycles. The Labute approximate surface area is 152 Å². The molecule has 3 rings (SSSR count). The molecule has 2 aromatic carbocycles. The Bertz CT molecular complexity index is 1150. The summed E-state index contributed by atoms with van der Waals surface area (Å²) >= 11 is 0. The molecule has 1 heterocycles. The molecule has 0 unspecified atom stereocenters. The number of rotatable bonds is 4. The summed E-state index contributed by atoms with van der Waals surface area (Å²) in [6.45, 7) is 1.01. The van der Waals surface area contributed by atoms with E-state index in [0.29, 0.717) is 10.9 Å². The first kappa shape index (κ1) is 18.5. The molecule has 8 heteroatoms. The normalized spacial score (nSPS) is 12.1. The maximum absolute atomic E-state index is 13.8. The number of nitrogens with one attached hydrogen (secondary N) is 1. The molecule has 27 heavy (non-hydrogen) atoms. The lowest BCUT2D eigenvalue weighted by molar-refractivity contribution is -0.122. The Morgan fingerprint density at radius 3 is 2.56 bits per heavy atom. The van der Waals surface area contributed by atoms with Crippen molar-refractivity contribution in [2.24, 2.45) is 7.05 Å². The molecule has 0 radical (unpaired) electrons. The van der Waals surface area contributed by atoms with Crippen LogP contribution in [0, 0.1) is 11.6 Å². The molecule has 1 amide bonds. The van der Waals surface area contributed by atoms with Gasteiger partial charge in [-0.05, 0) is 25.1 Å². The predicted octanol–water partition coefficient (Wildman–Crippen LogP) is 1.86. The van der Waals surface area contributed by atoms with Gasteiger partial charge in [0.2, 0.25) is 5.91 Å². The number of para-hydroxylation sites is 1. The standard InChI is InChI=1S/C19H17F2N3O3/c1-11(13-8-7-12(20)9-15(13)21)22-17(25)10-24-18(26)14-5-3-4-6-16(14)23(2)19(24)27/h3-9,11H,10H2,1-2H3,(H,22,25)/t11-/m0/s1. The SMILES string of the molecule is C[C@H](NC(=O)Cn1c(=O)c2ccccc2n(C)c1=O)c1ccc(F)cc1F. The van der Waals surface area contributed by atoms with E-state index in [1.807, 2.05) is 0 Å². The summed E-state index contributed by atoms with van der Waals surface area (Å²) in [4.78, 5) is 37.3. The van der Waals surface area contributed by atoms with Crippen molar-refractivity contribution >= 4 is 16.8 Å². The summed E-state index contributed by atoms with van der Waals surface area (Å²) in [6.07, 6.45) is 0. The van der Waals surface area contributed by atoms with Gasteiger partial charge in [0.15, 0.2) is 0 Å². The summed E-state index contributed by atoms with van der Waals surface area (Å²) in [6, 6.07) is 8.86. The highest BCUT2D eigenvalue weighted by molar-refractivity contribution is 5.79. The molecule has 0 aliphatic carbocycles. The second kappa shape index (κ2) is 7.14. The second-order valence-corrected chi connectivity index (χ2v) is 6.21. The van der Waals surface area contributed by atoms with Gasteiger partial charge < -0.3 is 5.32 Å². The average Bonchev–Trinajstić information content (AvgIpc) is 2.63. The molecule has 0 spiro atoms. The summed E-state index contributed by atoms with van der Waals surface area (Å²) in [5, 5.41) is 2.83. The van der Waals surface area contributed by atoms with Crippen molar-refractivity contribution < 1.29 is 13.6 Å². The molecule has 0 fully saturated rings. The van der Waals surface area contributed by atoms with Crippen LogP contribution in [0.3, 0.4) is 0 Å². The van der Waals surface area contributed by atoms with Gasteiger partial charge in [-0.15, -0.1) is 0 Å².